The zero-order chi connectivity index (χ0) is 23.4. The Hall–Kier alpha value is -3.76. The molecular weight excluding hydrogens is 442 g/mol. The standard InChI is InChI=1S/C23H23N5O4S/c1-28-21(23(30)32-3)20(27-18(29)12-31-2)16-9-15(10-25-22(16)28)24-11-19-26-17(13-33-19)14-7-5-4-6-8-14/h4-10,13,24H,11-12H2,1-3H3,(H,27,29). The van der Waals surface area contributed by atoms with Crippen LogP contribution in [0.1, 0.15) is 15.5 Å². The van der Waals surface area contributed by atoms with Crippen LogP contribution in [-0.2, 0) is 27.9 Å². The van der Waals surface area contributed by atoms with Gasteiger partial charge in [0.15, 0.2) is 5.69 Å². The Morgan fingerprint density at radius 2 is 1.97 bits per heavy atom. The van der Waals surface area contributed by atoms with Crippen molar-refractivity contribution in [2.75, 3.05) is 31.5 Å². The van der Waals surface area contributed by atoms with Crippen LogP contribution in [0, 0.1) is 0 Å². The highest BCUT2D eigenvalue weighted by Crippen LogP contribution is 2.32. The fourth-order valence-electron chi connectivity index (χ4n) is 3.49. The summed E-state index contributed by atoms with van der Waals surface area (Å²) in [4.78, 5) is 33.8. The minimum absolute atomic E-state index is 0.143. The molecule has 0 unspecified atom stereocenters. The van der Waals surface area contributed by atoms with Gasteiger partial charge in [0.05, 0.1) is 36.9 Å². The van der Waals surface area contributed by atoms with Crippen molar-refractivity contribution < 1.29 is 19.1 Å². The maximum atomic E-state index is 12.4. The normalized spacial score (nSPS) is 10.9. The highest BCUT2D eigenvalue weighted by Gasteiger charge is 2.24. The number of amides is 1. The molecule has 3 heterocycles. The first-order chi connectivity index (χ1) is 16.0. The van der Waals surface area contributed by atoms with Crippen molar-refractivity contribution in [1.29, 1.82) is 0 Å². The zero-order valence-electron chi connectivity index (χ0n) is 18.4. The summed E-state index contributed by atoms with van der Waals surface area (Å²) in [6.07, 6.45) is 1.68. The van der Waals surface area contributed by atoms with E-state index in [9.17, 15) is 9.59 Å². The van der Waals surface area contributed by atoms with Gasteiger partial charge in [0, 0.05) is 30.5 Å². The van der Waals surface area contributed by atoms with E-state index in [1.165, 1.54) is 14.2 Å². The molecule has 0 fully saturated rings. The Morgan fingerprint density at radius 3 is 2.70 bits per heavy atom. The van der Waals surface area contributed by atoms with Crippen LogP contribution in [0.15, 0.2) is 48.0 Å². The number of thiazole rings is 1. The topological polar surface area (TPSA) is 107 Å². The van der Waals surface area contributed by atoms with Crippen LogP contribution in [0.5, 0.6) is 0 Å². The first-order valence-electron chi connectivity index (χ1n) is 10.1. The predicted molar refractivity (Wildman–Crippen MR) is 127 cm³/mol. The molecule has 3 aromatic heterocycles. The lowest BCUT2D eigenvalue weighted by atomic mass is 10.2. The number of hydrogen-bond acceptors (Lipinski definition) is 8. The average Bonchev–Trinajstić information content (AvgIpc) is 3.41. The molecule has 0 radical (unpaired) electrons. The summed E-state index contributed by atoms with van der Waals surface area (Å²) in [5, 5.41) is 9.62. The van der Waals surface area contributed by atoms with Gasteiger partial charge in [0.25, 0.3) is 0 Å². The summed E-state index contributed by atoms with van der Waals surface area (Å²) in [7, 11) is 4.41. The van der Waals surface area contributed by atoms with E-state index in [0.717, 1.165) is 22.0 Å². The first-order valence-corrected chi connectivity index (χ1v) is 11.0. The largest absolute Gasteiger partial charge is 0.464 e. The van der Waals surface area contributed by atoms with Gasteiger partial charge in [-0.1, -0.05) is 30.3 Å². The second-order valence-electron chi connectivity index (χ2n) is 7.20. The molecule has 0 saturated carbocycles. The molecule has 4 rings (SSSR count). The third-order valence-electron chi connectivity index (χ3n) is 5.01. The second-order valence-corrected chi connectivity index (χ2v) is 8.14. The average molecular weight is 466 g/mol. The van der Waals surface area contributed by atoms with Crippen LogP contribution in [0.3, 0.4) is 0 Å². The van der Waals surface area contributed by atoms with Crippen molar-refractivity contribution in [3.63, 3.8) is 0 Å². The number of aromatic nitrogens is 3. The number of pyridine rings is 1. The van der Waals surface area contributed by atoms with Crippen LogP contribution in [-0.4, -0.2) is 47.2 Å². The second kappa shape index (κ2) is 9.80. The van der Waals surface area contributed by atoms with Gasteiger partial charge in [-0.2, -0.15) is 0 Å². The first kappa shape index (κ1) is 22.4. The van der Waals surface area contributed by atoms with E-state index in [2.05, 4.69) is 20.6 Å². The van der Waals surface area contributed by atoms with Crippen molar-refractivity contribution in [2.24, 2.45) is 7.05 Å². The van der Waals surface area contributed by atoms with E-state index in [-0.39, 0.29) is 18.2 Å². The van der Waals surface area contributed by atoms with E-state index in [4.69, 9.17) is 9.47 Å². The highest BCUT2D eigenvalue weighted by molar-refractivity contribution is 7.10. The van der Waals surface area contributed by atoms with Crippen LogP contribution in [0.4, 0.5) is 11.4 Å². The van der Waals surface area contributed by atoms with E-state index < -0.39 is 5.97 Å². The maximum Gasteiger partial charge on any atom is 0.356 e. The quantitative estimate of drug-likeness (QED) is 0.382. The van der Waals surface area contributed by atoms with Crippen molar-refractivity contribution in [1.82, 2.24) is 14.5 Å². The summed E-state index contributed by atoms with van der Waals surface area (Å²) in [6.45, 7) is 0.364. The number of carbonyl (C=O) groups excluding carboxylic acids is 2. The number of hydrogen-bond donors (Lipinski definition) is 2. The van der Waals surface area contributed by atoms with E-state index in [0.29, 0.717) is 23.3 Å². The predicted octanol–water partition coefficient (Wildman–Crippen LogP) is 3.68. The number of rotatable bonds is 8. The van der Waals surface area contributed by atoms with Crippen molar-refractivity contribution in [2.45, 2.75) is 6.54 Å². The van der Waals surface area contributed by atoms with Crippen LogP contribution < -0.4 is 10.6 Å². The van der Waals surface area contributed by atoms with Gasteiger partial charge in [0.1, 0.15) is 17.3 Å². The Balaban J connectivity index is 1.61. The smallest absolute Gasteiger partial charge is 0.356 e. The number of aryl methyl sites for hydroxylation is 1. The number of nitrogens with one attached hydrogen (secondary N) is 2. The summed E-state index contributed by atoms with van der Waals surface area (Å²) in [6, 6.07) is 11.8. The lowest BCUT2D eigenvalue weighted by Crippen LogP contribution is -2.19. The summed E-state index contributed by atoms with van der Waals surface area (Å²) in [5.41, 5.74) is 3.80. The Labute approximate surface area is 194 Å². The minimum Gasteiger partial charge on any atom is -0.464 e. The number of nitrogens with zero attached hydrogens (tertiary/aromatic N) is 3. The molecule has 10 heteroatoms. The lowest BCUT2D eigenvalue weighted by Gasteiger charge is -2.07. The molecule has 1 aromatic carbocycles. The number of fused-ring (bicyclic) bond motifs is 1. The molecule has 0 saturated heterocycles. The van der Waals surface area contributed by atoms with Gasteiger partial charge in [0.2, 0.25) is 5.91 Å². The lowest BCUT2D eigenvalue weighted by molar-refractivity contribution is -0.119. The minimum atomic E-state index is -0.575. The Morgan fingerprint density at radius 1 is 1.18 bits per heavy atom. The van der Waals surface area contributed by atoms with Gasteiger partial charge in [-0.25, -0.2) is 14.8 Å². The molecule has 0 aliphatic heterocycles. The third-order valence-corrected chi connectivity index (χ3v) is 5.86. The number of esters is 1. The van der Waals surface area contributed by atoms with Crippen LogP contribution >= 0.6 is 11.3 Å². The van der Waals surface area contributed by atoms with Crippen LogP contribution in [0.25, 0.3) is 22.3 Å². The fraction of sp³-hybridized carbons (Fsp3) is 0.217. The van der Waals surface area contributed by atoms with E-state index >= 15 is 0 Å². The number of ether oxygens (including phenoxy) is 2. The molecule has 33 heavy (non-hydrogen) atoms. The number of benzene rings is 1. The number of methoxy groups -OCH3 is 2. The summed E-state index contributed by atoms with van der Waals surface area (Å²) >= 11 is 1.57. The van der Waals surface area contributed by atoms with Gasteiger partial charge < -0.3 is 24.7 Å². The highest BCUT2D eigenvalue weighted by atomic mass is 32.1. The summed E-state index contributed by atoms with van der Waals surface area (Å²) < 4.78 is 11.4. The Kier molecular flexibility index (Phi) is 6.66. The summed E-state index contributed by atoms with van der Waals surface area (Å²) in [5.74, 6) is -0.960. The van der Waals surface area contributed by atoms with Crippen molar-refractivity contribution >= 4 is 45.6 Å². The molecule has 0 aliphatic carbocycles. The molecule has 0 atom stereocenters. The molecule has 0 bridgehead atoms. The Bertz CT molecular complexity index is 1300. The van der Waals surface area contributed by atoms with Crippen molar-refractivity contribution in [3.05, 3.63) is 58.7 Å². The zero-order valence-corrected chi connectivity index (χ0v) is 19.2. The molecule has 1 amide bonds. The molecular formula is C23H23N5O4S. The monoisotopic (exact) mass is 465 g/mol. The molecule has 170 valence electrons. The number of carbonyl (C=O) groups is 2. The van der Waals surface area contributed by atoms with Crippen molar-refractivity contribution in [3.8, 4) is 11.3 Å². The van der Waals surface area contributed by atoms with E-state index in [1.54, 1.807) is 29.1 Å². The molecule has 0 spiro atoms. The molecule has 4 aromatic rings. The SMILES string of the molecule is COCC(=O)Nc1c(C(=O)OC)n(C)c2ncc(NCc3nc(-c4ccccc4)cs3)cc12. The van der Waals surface area contributed by atoms with Gasteiger partial charge >= 0.3 is 5.97 Å². The van der Waals surface area contributed by atoms with Gasteiger partial charge in [-0.3, -0.25) is 4.79 Å². The van der Waals surface area contributed by atoms with Crippen LogP contribution in [0.2, 0.25) is 0 Å². The van der Waals surface area contributed by atoms with E-state index in [1.807, 2.05) is 41.8 Å². The van der Waals surface area contributed by atoms with Gasteiger partial charge in [-0.15, -0.1) is 11.3 Å². The maximum absolute atomic E-state index is 12.4. The molecule has 2 N–H and O–H groups in total. The number of anilines is 2. The molecule has 9 nitrogen and oxygen atoms in total. The molecule has 0 aliphatic rings. The fourth-order valence-corrected chi connectivity index (χ4v) is 4.23. The third kappa shape index (κ3) is 4.71. The van der Waals surface area contributed by atoms with Gasteiger partial charge in [-0.05, 0) is 6.07 Å².